The zero-order valence-corrected chi connectivity index (χ0v) is 18.5. The number of ether oxygens (including phenoxy) is 1. The first-order valence-electron chi connectivity index (χ1n) is 10.4. The van der Waals surface area contributed by atoms with Crippen molar-refractivity contribution in [2.24, 2.45) is 0 Å². The van der Waals surface area contributed by atoms with Crippen LogP contribution in [0.4, 0.5) is 14.9 Å². The Morgan fingerprint density at radius 2 is 1.62 bits per heavy atom. The molecule has 34 heavy (non-hydrogen) atoms. The average Bonchev–Trinajstić information content (AvgIpc) is 3.12. The minimum absolute atomic E-state index is 0.00686. The second-order valence-corrected chi connectivity index (χ2v) is 8.17. The summed E-state index contributed by atoms with van der Waals surface area (Å²) in [6.45, 7) is -0.00686. The van der Waals surface area contributed by atoms with Crippen molar-refractivity contribution in [1.82, 2.24) is 5.32 Å². The van der Waals surface area contributed by atoms with Gasteiger partial charge in [-0.05, 0) is 40.5 Å². The van der Waals surface area contributed by atoms with Crippen LogP contribution >= 0.6 is 11.6 Å². The third-order valence-electron chi connectivity index (χ3n) is 5.52. The molecule has 1 aliphatic carbocycles. The first-order chi connectivity index (χ1) is 16.3. The van der Waals surface area contributed by atoms with Gasteiger partial charge in [0.15, 0.2) is 0 Å². The monoisotopic (exact) mass is 482 g/mol. The molecule has 0 saturated carbocycles. The van der Waals surface area contributed by atoms with Crippen molar-refractivity contribution in [2.75, 3.05) is 11.9 Å². The molecule has 0 fully saturated rings. The minimum atomic E-state index is -1.48. The quantitative estimate of drug-likeness (QED) is 0.448. The number of alkyl carbamates (subject to hydrolysis) is 1. The number of carboxylic acid groups (broad SMARTS) is 1. The van der Waals surface area contributed by atoms with Gasteiger partial charge in [0.05, 0.1) is 12.1 Å². The van der Waals surface area contributed by atoms with E-state index in [0.29, 0.717) is 0 Å². The highest BCUT2D eigenvalue weighted by molar-refractivity contribution is 6.30. The number of carbonyl (C=O) groups excluding carboxylic acids is 2. The van der Waals surface area contributed by atoms with E-state index in [1.54, 1.807) is 0 Å². The van der Waals surface area contributed by atoms with E-state index in [0.717, 1.165) is 28.3 Å². The van der Waals surface area contributed by atoms with E-state index in [-0.39, 0.29) is 23.2 Å². The van der Waals surface area contributed by atoms with E-state index in [9.17, 15) is 18.8 Å². The molecule has 2 amide bonds. The topological polar surface area (TPSA) is 105 Å². The fourth-order valence-corrected chi connectivity index (χ4v) is 4.14. The molecule has 3 aromatic rings. The Kier molecular flexibility index (Phi) is 6.79. The van der Waals surface area contributed by atoms with Gasteiger partial charge in [-0.1, -0.05) is 60.1 Å². The van der Waals surface area contributed by atoms with Gasteiger partial charge in [-0.2, -0.15) is 0 Å². The summed E-state index contributed by atoms with van der Waals surface area (Å²) in [5.41, 5.74) is 3.93. The highest BCUT2D eigenvalue weighted by atomic mass is 35.5. The van der Waals surface area contributed by atoms with Crippen LogP contribution < -0.4 is 10.6 Å². The molecule has 1 aliphatic rings. The Hall–Kier alpha value is -3.91. The van der Waals surface area contributed by atoms with Crippen molar-refractivity contribution in [2.45, 2.75) is 18.4 Å². The first-order valence-corrected chi connectivity index (χ1v) is 10.8. The summed E-state index contributed by atoms with van der Waals surface area (Å²) in [6.07, 6.45) is -1.68. The molecule has 9 heteroatoms. The standard InChI is InChI=1S/C25H20ClFN2O5/c26-14-9-10-21(20(27)11-14)28-24(32)22(12-23(30)31)29-25(33)34-13-19-17-7-3-1-5-15(17)16-6-2-4-8-18(16)19/h1-11,19,22H,12-13H2,(H,28,32)(H,29,33)(H,30,31). The van der Waals surface area contributed by atoms with E-state index >= 15 is 0 Å². The van der Waals surface area contributed by atoms with Gasteiger partial charge >= 0.3 is 12.1 Å². The molecule has 0 aromatic heterocycles. The fraction of sp³-hybridized carbons (Fsp3) is 0.160. The number of amides is 2. The summed E-state index contributed by atoms with van der Waals surface area (Å²) in [5, 5.41) is 13.8. The molecule has 0 radical (unpaired) electrons. The lowest BCUT2D eigenvalue weighted by atomic mass is 9.98. The molecule has 0 bridgehead atoms. The van der Waals surface area contributed by atoms with Crippen molar-refractivity contribution >= 4 is 35.3 Å². The summed E-state index contributed by atoms with van der Waals surface area (Å²) in [4.78, 5) is 36.3. The predicted molar refractivity (Wildman–Crippen MR) is 124 cm³/mol. The molecule has 0 saturated heterocycles. The van der Waals surface area contributed by atoms with Crippen LogP contribution in [0.1, 0.15) is 23.5 Å². The highest BCUT2D eigenvalue weighted by Gasteiger charge is 2.30. The Labute approximate surface area is 199 Å². The lowest BCUT2D eigenvalue weighted by Gasteiger charge is -2.19. The third-order valence-corrected chi connectivity index (χ3v) is 5.76. The largest absolute Gasteiger partial charge is 0.481 e. The van der Waals surface area contributed by atoms with Crippen molar-refractivity contribution in [3.05, 3.63) is 88.7 Å². The second-order valence-electron chi connectivity index (χ2n) is 7.73. The lowest BCUT2D eigenvalue weighted by Crippen LogP contribution is -2.45. The SMILES string of the molecule is O=C(O)CC(NC(=O)OCC1c2ccccc2-c2ccccc21)C(=O)Nc1ccc(Cl)cc1F. The van der Waals surface area contributed by atoms with Gasteiger partial charge in [0, 0.05) is 10.9 Å². The van der Waals surface area contributed by atoms with Gasteiger partial charge in [0.25, 0.3) is 0 Å². The van der Waals surface area contributed by atoms with Crippen molar-refractivity contribution < 1.29 is 28.6 Å². The zero-order chi connectivity index (χ0) is 24.2. The van der Waals surface area contributed by atoms with Gasteiger partial charge in [0.2, 0.25) is 5.91 Å². The van der Waals surface area contributed by atoms with Crippen LogP contribution in [0.2, 0.25) is 5.02 Å². The summed E-state index contributed by atoms with van der Waals surface area (Å²) < 4.78 is 19.4. The summed E-state index contributed by atoms with van der Waals surface area (Å²) in [7, 11) is 0. The minimum Gasteiger partial charge on any atom is -0.481 e. The molecular formula is C25H20ClFN2O5. The van der Waals surface area contributed by atoms with Gasteiger partial charge in [0.1, 0.15) is 18.5 Å². The molecule has 4 rings (SSSR count). The van der Waals surface area contributed by atoms with Crippen LogP contribution in [0, 0.1) is 5.82 Å². The first kappa shape index (κ1) is 23.3. The smallest absolute Gasteiger partial charge is 0.407 e. The molecule has 1 unspecified atom stereocenters. The van der Waals surface area contributed by atoms with E-state index in [1.165, 1.54) is 12.1 Å². The van der Waals surface area contributed by atoms with Crippen molar-refractivity contribution in [3.63, 3.8) is 0 Å². The average molecular weight is 483 g/mol. The van der Waals surface area contributed by atoms with Crippen LogP contribution in [0.25, 0.3) is 11.1 Å². The second kappa shape index (κ2) is 9.93. The maximum atomic E-state index is 14.0. The molecule has 7 nitrogen and oxygen atoms in total. The number of nitrogens with one attached hydrogen (secondary N) is 2. The molecule has 3 aromatic carbocycles. The summed E-state index contributed by atoms with van der Waals surface area (Å²) >= 11 is 5.70. The van der Waals surface area contributed by atoms with Crippen molar-refractivity contribution in [3.8, 4) is 11.1 Å². The van der Waals surface area contributed by atoms with E-state index in [2.05, 4.69) is 10.6 Å². The number of anilines is 1. The number of fused-ring (bicyclic) bond motifs is 3. The van der Waals surface area contributed by atoms with Gasteiger partial charge < -0.3 is 20.5 Å². The number of hydrogen-bond acceptors (Lipinski definition) is 4. The number of aliphatic carboxylic acids is 1. The fourth-order valence-electron chi connectivity index (χ4n) is 3.98. The summed E-state index contributed by atoms with van der Waals surface area (Å²) in [6, 6.07) is 17.7. The maximum absolute atomic E-state index is 14.0. The molecule has 174 valence electrons. The molecule has 0 heterocycles. The lowest BCUT2D eigenvalue weighted by molar-refractivity contribution is -0.139. The van der Waals surface area contributed by atoms with Gasteiger partial charge in [-0.3, -0.25) is 9.59 Å². The van der Waals surface area contributed by atoms with Gasteiger partial charge in [-0.25, -0.2) is 9.18 Å². The zero-order valence-electron chi connectivity index (χ0n) is 17.8. The molecule has 3 N–H and O–H groups in total. The number of rotatable bonds is 7. The Morgan fingerprint density at radius 1 is 1.00 bits per heavy atom. The van der Waals surface area contributed by atoms with Gasteiger partial charge in [-0.15, -0.1) is 0 Å². The Balaban J connectivity index is 1.43. The molecule has 0 aliphatic heterocycles. The van der Waals surface area contributed by atoms with Crippen LogP contribution in [0.15, 0.2) is 66.7 Å². The third kappa shape index (κ3) is 5.02. The summed E-state index contributed by atoms with van der Waals surface area (Å²) in [5.74, 6) is -3.23. The number of carbonyl (C=O) groups is 3. The van der Waals surface area contributed by atoms with Crippen LogP contribution in [0.3, 0.4) is 0 Å². The van der Waals surface area contributed by atoms with E-state index in [4.69, 9.17) is 21.4 Å². The number of halogens is 2. The van der Waals surface area contributed by atoms with Crippen molar-refractivity contribution in [1.29, 1.82) is 0 Å². The molecular weight excluding hydrogens is 463 g/mol. The van der Waals surface area contributed by atoms with Crippen LogP contribution in [-0.2, 0) is 14.3 Å². The molecule has 0 spiro atoms. The Bertz CT molecular complexity index is 1220. The van der Waals surface area contributed by atoms with Crippen LogP contribution in [0.5, 0.6) is 0 Å². The van der Waals surface area contributed by atoms with E-state index in [1.807, 2.05) is 48.5 Å². The number of hydrogen-bond donors (Lipinski definition) is 3. The maximum Gasteiger partial charge on any atom is 0.407 e. The predicted octanol–water partition coefficient (Wildman–Crippen LogP) is 4.80. The van der Waals surface area contributed by atoms with E-state index < -0.39 is 36.2 Å². The highest BCUT2D eigenvalue weighted by Crippen LogP contribution is 2.44. The van der Waals surface area contributed by atoms with Crippen LogP contribution in [-0.4, -0.2) is 35.7 Å². The Morgan fingerprint density at radius 3 is 2.21 bits per heavy atom. The number of carboxylic acids is 1. The normalized spacial score (nSPS) is 12.9. The molecule has 1 atom stereocenters. The number of benzene rings is 3.